The normalized spacial score (nSPS) is 17.2. The first-order valence-electron chi connectivity index (χ1n) is 7.61. The van der Waals surface area contributed by atoms with Crippen molar-refractivity contribution in [3.05, 3.63) is 76.9 Å². The largest absolute Gasteiger partial charge is 0.508 e. The zero-order valence-electron chi connectivity index (χ0n) is 13.2. The summed E-state index contributed by atoms with van der Waals surface area (Å²) in [4.78, 5) is 31.0. The quantitative estimate of drug-likeness (QED) is 0.685. The molecular formula is C18H12N2O5S. The van der Waals surface area contributed by atoms with E-state index in [9.17, 15) is 19.8 Å². The predicted octanol–water partition coefficient (Wildman–Crippen LogP) is 3.22. The van der Waals surface area contributed by atoms with Crippen LogP contribution in [0.5, 0.6) is 5.75 Å². The first-order chi connectivity index (χ1) is 12.6. The number of ketones is 1. The second-order valence-corrected chi connectivity index (χ2v) is 6.43. The van der Waals surface area contributed by atoms with Crippen molar-refractivity contribution in [2.45, 2.75) is 6.04 Å². The Kier molecular flexibility index (Phi) is 3.81. The van der Waals surface area contributed by atoms with Gasteiger partial charge < -0.3 is 14.6 Å². The number of amides is 1. The smallest absolute Gasteiger partial charge is 0.296 e. The van der Waals surface area contributed by atoms with Gasteiger partial charge in [0.2, 0.25) is 5.78 Å². The monoisotopic (exact) mass is 368 g/mol. The standard InChI is InChI=1S/C18H12N2O5S/c21-11-5-3-10(4-6-11)14-13(15(22)12-2-1-8-25-12)16(23)17(24)20(14)18-19-7-9-26-18/h1-9,14,21,23H/t14-/m1/s1. The third-order valence-electron chi connectivity index (χ3n) is 4.03. The number of phenolic OH excluding ortho intramolecular Hbond substituents is 1. The Morgan fingerprint density at radius 3 is 2.58 bits per heavy atom. The molecule has 0 bridgehead atoms. The number of anilines is 1. The highest BCUT2D eigenvalue weighted by Gasteiger charge is 2.46. The number of Topliss-reactive ketones (excluding diaryl/α,β-unsaturated/α-hetero) is 1. The van der Waals surface area contributed by atoms with Gasteiger partial charge in [-0.1, -0.05) is 12.1 Å². The Morgan fingerprint density at radius 1 is 1.19 bits per heavy atom. The molecule has 0 spiro atoms. The van der Waals surface area contributed by atoms with E-state index in [2.05, 4.69) is 4.98 Å². The number of nitrogens with zero attached hydrogens (tertiary/aromatic N) is 2. The van der Waals surface area contributed by atoms with Gasteiger partial charge in [0.05, 0.1) is 17.9 Å². The Bertz CT molecular complexity index is 991. The fourth-order valence-corrected chi connectivity index (χ4v) is 3.55. The van der Waals surface area contributed by atoms with E-state index in [-0.39, 0.29) is 17.1 Å². The number of rotatable bonds is 4. The Hall–Kier alpha value is -3.39. The van der Waals surface area contributed by atoms with Crippen molar-refractivity contribution in [2.75, 3.05) is 4.90 Å². The van der Waals surface area contributed by atoms with Gasteiger partial charge in [0, 0.05) is 11.6 Å². The van der Waals surface area contributed by atoms with E-state index >= 15 is 0 Å². The molecule has 1 aliphatic rings. The number of phenols is 1. The lowest BCUT2D eigenvalue weighted by molar-refractivity contribution is -0.117. The van der Waals surface area contributed by atoms with Crippen LogP contribution in [0.2, 0.25) is 0 Å². The number of aliphatic hydroxyl groups excluding tert-OH is 1. The minimum atomic E-state index is -0.883. The van der Waals surface area contributed by atoms with Crippen LogP contribution in [0.3, 0.4) is 0 Å². The molecule has 4 rings (SSSR count). The summed E-state index contributed by atoms with van der Waals surface area (Å²) in [7, 11) is 0. The number of thiazole rings is 1. The molecule has 3 aromatic rings. The molecular weight excluding hydrogens is 356 g/mol. The third kappa shape index (κ3) is 2.47. The topological polar surface area (TPSA) is 104 Å². The summed E-state index contributed by atoms with van der Waals surface area (Å²) in [5, 5.41) is 22.0. The molecule has 26 heavy (non-hydrogen) atoms. The first kappa shape index (κ1) is 16.1. The molecule has 0 fully saturated rings. The SMILES string of the molecule is O=C(C1=C(O)C(=O)N(c2nccs2)[C@@H]1c1ccc(O)cc1)c1ccco1. The second kappa shape index (κ2) is 6.16. The first-order valence-corrected chi connectivity index (χ1v) is 8.49. The van der Waals surface area contributed by atoms with Crippen molar-refractivity contribution in [3.8, 4) is 5.75 Å². The van der Waals surface area contributed by atoms with Crippen LogP contribution in [0.1, 0.15) is 22.2 Å². The summed E-state index contributed by atoms with van der Waals surface area (Å²) >= 11 is 1.21. The van der Waals surface area contributed by atoms with E-state index in [0.717, 1.165) is 0 Å². The van der Waals surface area contributed by atoms with Crippen LogP contribution in [0.25, 0.3) is 0 Å². The van der Waals surface area contributed by atoms with Gasteiger partial charge in [-0.2, -0.15) is 0 Å². The van der Waals surface area contributed by atoms with Gasteiger partial charge >= 0.3 is 0 Å². The molecule has 7 nitrogen and oxygen atoms in total. The van der Waals surface area contributed by atoms with Crippen LogP contribution in [0, 0.1) is 0 Å². The number of carbonyl (C=O) groups excluding carboxylic acids is 2. The van der Waals surface area contributed by atoms with Crippen LogP contribution >= 0.6 is 11.3 Å². The maximum absolute atomic E-state index is 12.9. The van der Waals surface area contributed by atoms with Gasteiger partial charge in [-0.15, -0.1) is 11.3 Å². The highest BCUT2D eigenvalue weighted by molar-refractivity contribution is 7.13. The number of aliphatic hydroxyl groups is 1. The predicted molar refractivity (Wildman–Crippen MR) is 93.1 cm³/mol. The summed E-state index contributed by atoms with van der Waals surface area (Å²) in [5.41, 5.74) is 0.455. The fourth-order valence-electron chi connectivity index (χ4n) is 2.88. The van der Waals surface area contributed by atoms with E-state index in [1.165, 1.54) is 46.9 Å². The zero-order valence-corrected chi connectivity index (χ0v) is 14.0. The Balaban J connectivity index is 1.88. The van der Waals surface area contributed by atoms with E-state index in [1.807, 2.05) is 0 Å². The molecule has 8 heteroatoms. The molecule has 1 aromatic carbocycles. The molecule has 0 saturated heterocycles. The lowest BCUT2D eigenvalue weighted by Crippen LogP contribution is -2.30. The van der Waals surface area contributed by atoms with Gasteiger partial charge in [-0.25, -0.2) is 4.98 Å². The van der Waals surface area contributed by atoms with Crippen molar-refractivity contribution >= 4 is 28.2 Å². The summed E-state index contributed by atoms with van der Waals surface area (Å²) < 4.78 is 5.14. The summed E-state index contributed by atoms with van der Waals surface area (Å²) in [6.07, 6.45) is 2.88. The Morgan fingerprint density at radius 2 is 1.96 bits per heavy atom. The second-order valence-electron chi connectivity index (χ2n) is 5.55. The lowest BCUT2D eigenvalue weighted by atomic mass is 9.95. The van der Waals surface area contributed by atoms with E-state index in [4.69, 9.17) is 4.42 Å². The fraction of sp³-hybridized carbons (Fsp3) is 0.0556. The van der Waals surface area contributed by atoms with Gasteiger partial charge in [-0.05, 0) is 29.8 Å². The van der Waals surface area contributed by atoms with Gasteiger partial charge in [0.1, 0.15) is 5.75 Å². The van der Waals surface area contributed by atoms with Crippen molar-refractivity contribution in [3.63, 3.8) is 0 Å². The van der Waals surface area contributed by atoms with Crippen LogP contribution in [0.4, 0.5) is 5.13 Å². The van der Waals surface area contributed by atoms with Crippen LogP contribution in [-0.2, 0) is 4.79 Å². The molecule has 1 aliphatic heterocycles. The van der Waals surface area contributed by atoms with Crippen molar-refractivity contribution < 1.29 is 24.2 Å². The molecule has 130 valence electrons. The summed E-state index contributed by atoms with van der Waals surface area (Å²) in [5.74, 6) is -1.87. The van der Waals surface area contributed by atoms with Crippen LogP contribution in [0.15, 0.2) is 70.0 Å². The highest BCUT2D eigenvalue weighted by atomic mass is 32.1. The van der Waals surface area contributed by atoms with E-state index in [0.29, 0.717) is 10.7 Å². The number of furan rings is 1. The molecule has 0 saturated carbocycles. The summed E-state index contributed by atoms with van der Waals surface area (Å²) in [6, 6.07) is 8.20. The number of benzene rings is 1. The number of aromatic nitrogens is 1. The van der Waals surface area contributed by atoms with Gasteiger partial charge in [-0.3, -0.25) is 14.5 Å². The Labute approximate surface area is 151 Å². The number of hydrogen-bond acceptors (Lipinski definition) is 7. The number of hydrogen-bond donors (Lipinski definition) is 2. The number of carbonyl (C=O) groups is 2. The third-order valence-corrected chi connectivity index (χ3v) is 4.80. The zero-order chi connectivity index (χ0) is 18.3. The molecule has 2 aromatic heterocycles. The average molecular weight is 368 g/mol. The van der Waals surface area contributed by atoms with Gasteiger partial charge in [0.25, 0.3) is 5.91 Å². The molecule has 0 aliphatic carbocycles. The van der Waals surface area contributed by atoms with E-state index < -0.39 is 23.5 Å². The highest BCUT2D eigenvalue weighted by Crippen LogP contribution is 2.42. The molecule has 1 atom stereocenters. The number of aromatic hydroxyl groups is 1. The van der Waals surface area contributed by atoms with Crippen LogP contribution in [-0.4, -0.2) is 26.9 Å². The maximum atomic E-state index is 12.9. The molecule has 0 unspecified atom stereocenters. The summed E-state index contributed by atoms with van der Waals surface area (Å²) in [6.45, 7) is 0. The minimum Gasteiger partial charge on any atom is -0.508 e. The average Bonchev–Trinajstić information content (AvgIpc) is 3.38. The van der Waals surface area contributed by atoms with Crippen molar-refractivity contribution in [1.82, 2.24) is 4.98 Å². The van der Waals surface area contributed by atoms with E-state index in [1.54, 1.807) is 23.6 Å². The lowest BCUT2D eigenvalue weighted by Gasteiger charge is -2.24. The van der Waals surface area contributed by atoms with Crippen molar-refractivity contribution in [1.29, 1.82) is 0 Å². The van der Waals surface area contributed by atoms with Crippen molar-refractivity contribution in [2.24, 2.45) is 0 Å². The molecule has 1 amide bonds. The van der Waals surface area contributed by atoms with Crippen LogP contribution < -0.4 is 4.90 Å². The van der Waals surface area contributed by atoms with Gasteiger partial charge in [0.15, 0.2) is 16.7 Å². The minimum absolute atomic E-state index is 0.0177. The molecule has 3 heterocycles. The maximum Gasteiger partial charge on any atom is 0.296 e. The molecule has 2 N–H and O–H groups in total. The molecule has 0 radical (unpaired) electrons.